The Morgan fingerprint density at radius 3 is 2.47 bits per heavy atom. The van der Waals surface area contributed by atoms with E-state index in [2.05, 4.69) is 0 Å². The van der Waals surface area contributed by atoms with E-state index in [0.29, 0.717) is 6.61 Å². The van der Waals surface area contributed by atoms with Gasteiger partial charge in [0.1, 0.15) is 6.61 Å². The van der Waals surface area contributed by atoms with Gasteiger partial charge in [-0.1, -0.05) is 18.2 Å². The molecule has 1 heterocycles. The van der Waals surface area contributed by atoms with Crippen molar-refractivity contribution in [2.24, 2.45) is 0 Å². The Morgan fingerprint density at radius 1 is 1.27 bits per heavy atom. The van der Waals surface area contributed by atoms with Crippen LogP contribution in [0.15, 0.2) is 35.2 Å². The Balaban J connectivity index is 2.40. The van der Waals surface area contributed by atoms with Crippen LogP contribution in [0.3, 0.4) is 0 Å². The Labute approximate surface area is 93.5 Å². The molecule has 0 spiro atoms. The Kier molecular flexibility index (Phi) is 2.62. The van der Waals surface area contributed by atoms with Crippen LogP contribution in [-0.4, -0.2) is 31.0 Å². The van der Waals surface area contributed by atoms with Gasteiger partial charge in [0, 0.05) is 0 Å². The van der Waals surface area contributed by atoms with Crippen molar-refractivity contribution in [2.75, 3.05) is 13.2 Å². The zero-order chi connectivity index (χ0) is 10.9. The summed E-state index contributed by atoms with van der Waals surface area (Å²) in [5, 5.41) is 0.0267. The molecule has 0 saturated carbocycles. The fourth-order valence-electron chi connectivity index (χ4n) is 1.32. The average Bonchev–Trinajstić information content (AvgIpc) is 2.66. The summed E-state index contributed by atoms with van der Waals surface area (Å²) in [5.74, 6) is 0. The van der Waals surface area contributed by atoms with Crippen molar-refractivity contribution in [3.05, 3.63) is 30.3 Å². The van der Waals surface area contributed by atoms with Gasteiger partial charge in [-0.25, -0.2) is 12.7 Å². The van der Waals surface area contributed by atoms with Gasteiger partial charge in [0.2, 0.25) is 0 Å². The third kappa shape index (κ3) is 1.82. The molecule has 1 aliphatic rings. The van der Waals surface area contributed by atoms with Gasteiger partial charge in [-0.2, -0.15) is 0 Å². The van der Waals surface area contributed by atoms with E-state index in [1.165, 1.54) is 12.1 Å². The molecule has 0 aromatic heterocycles. The van der Waals surface area contributed by atoms with Crippen LogP contribution in [0.5, 0.6) is 0 Å². The number of sulfonamides is 1. The van der Waals surface area contributed by atoms with Crippen molar-refractivity contribution in [1.29, 1.82) is 0 Å². The zero-order valence-corrected chi connectivity index (χ0v) is 9.42. The maximum absolute atomic E-state index is 12.0. The third-order valence-corrected chi connectivity index (χ3v) is 4.31. The molecule has 0 radical (unpaired) electrons. The lowest BCUT2D eigenvalue weighted by Gasteiger charge is -2.14. The largest absolute Gasteiger partial charge is 0.468 e. The summed E-state index contributed by atoms with van der Waals surface area (Å²) in [4.78, 5) is 0.234. The summed E-state index contributed by atoms with van der Waals surface area (Å²) < 4.78 is 30.1. The number of benzene rings is 1. The fraction of sp³-hybridized carbons (Fsp3) is 0.222. The van der Waals surface area contributed by atoms with Gasteiger partial charge in [0.25, 0.3) is 15.2 Å². The molecule has 4 nitrogen and oxygen atoms in total. The summed E-state index contributed by atoms with van der Waals surface area (Å²) in [6.07, 6.45) is 0. The first kappa shape index (κ1) is 10.4. The molecule has 1 aromatic rings. The lowest BCUT2D eigenvalue weighted by molar-refractivity contribution is 0.361. The minimum absolute atomic E-state index is 0.0267. The van der Waals surface area contributed by atoms with Crippen LogP contribution in [0.1, 0.15) is 0 Å². The first-order valence-corrected chi connectivity index (χ1v) is 6.22. The molecule has 1 fully saturated rings. The molecule has 15 heavy (non-hydrogen) atoms. The van der Waals surface area contributed by atoms with Gasteiger partial charge in [-0.05, 0) is 24.4 Å². The Hall–Kier alpha value is -1.14. The van der Waals surface area contributed by atoms with E-state index < -0.39 is 10.0 Å². The molecule has 0 bridgehead atoms. The van der Waals surface area contributed by atoms with Crippen molar-refractivity contribution in [3.8, 4) is 0 Å². The average molecular weight is 243 g/mol. The van der Waals surface area contributed by atoms with E-state index in [-0.39, 0.29) is 16.6 Å². The lowest BCUT2D eigenvalue weighted by Crippen LogP contribution is -2.31. The van der Waals surface area contributed by atoms with Crippen molar-refractivity contribution in [2.45, 2.75) is 4.90 Å². The minimum atomic E-state index is -3.52. The van der Waals surface area contributed by atoms with Crippen molar-refractivity contribution in [1.82, 2.24) is 4.31 Å². The highest BCUT2D eigenvalue weighted by Crippen LogP contribution is 2.18. The van der Waals surface area contributed by atoms with E-state index in [9.17, 15) is 8.42 Å². The molecule has 0 amide bonds. The van der Waals surface area contributed by atoms with E-state index in [4.69, 9.17) is 17.0 Å². The number of nitrogens with zero attached hydrogens (tertiary/aromatic N) is 1. The molecule has 2 rings (SSSR count). The fourth-order valence-corrected chi connectivity index (χ4v) is 3.11. The maximum atomic E-state index is 12.0. The Morgan fingerprint density at radius 2 is 1.93 bits per heavy atom. The molecule has 1 saturated heterocycles. The van der Waals surface area contributed by atoms with Crippen molar-refractivity contribution < 1.29 is 13.2 Å². The van der Waals surface area contributed by atoms with Gasteiger partial charge in [-0.3, -0.25) is 0 Å². The second-order valence-corrected chi connectivity index (χ2v) is 5.22. The van der Waals surface area contributed by atoms with Crippen LogP contribution in [0.4, 0.5) is 0 Å². The normalized spacial score (nSPS) is 16.5. The van der Waals surface area contributed by atoms with E-state index in [1.54, 1.807) is 18.2 Å². The van der Waals surface area contributed by atoms with Crippen molar-refractivity contribution >= 4 is 27.4 Å². The molecule has 0 aliphatic carbocycles. The summed E-state index contributed by atoms with van der Waals surface area (Å²) in [7, 11) is -3.52. The molecular formula is C9H9NO3S2. The second-order valence-electron chi connectivity index (χ2n) is 3.00. The van der Waals surface area contributed by atoms with Crippen LogP contribution < -0.4 is 0 Å². The smallest absolute Gasteiger partial charge is 0.273 e. The topological polar surface area (TPSA) is 46.6 Å². The van der Waals surface area contributed by atoms with Crippen LogP contribution in [-0.2, 0) is 14.8 Å². The number of rotatable bonds is 2. The SMILES string of the molecule is O=S(=O)(c1ccccc1)N1CCOC1=S. The predicted molar refractivity (Wildman–Crippen MR) is 58.9 cm³/mol. The van der Waals surface area contributed by atoms with Crippen molar-refractivity contribution in [3.63, 3.8) is 0 Å². The van der Waals surface area contributed by atoms with E-state index >= 15 is 0 Å². The van der Waals surface area contributed by atoms with E-state index in [0.717, 1.165) is 4.31 Å². The second kappa shape index (κ2) is 3.79. The maximum Gasteiger partial charge on any atom is 0.273 e. The number of hydrogen-bond donors (Lipinski definition) is 0. The summed E-state index contributed by atoms with van der Waals surface area (Å²) in [6.45, 7) is 0.612. The highest BCUT2D eigenvalue weighted by atomic mass is 32.2. The number of ether oxygens (including phenoxy) is 1. The molecule has 0 atom stereocenters. The molecule has 1 aromatic carbocycles. The molecule has 1 aliphatic heterocycles. The van der Waals surface area contributed by atoms with Crippen LogP contribution in [0.25, 0.3) is 0 Å². The molecule has 6 heteroatoms. The van der Waals surface area contributed by atoms with Gasteiger partial charge in [-0.15, -0.1) is 0 Å². The summed E-state index contributed by atoms with van der Waals surface area (Å²) in [6, 6.07) is 8.18. The van der Waals surface area contributed by atoms with Gasteiger partial charge in [0.05, 0.1) is 11.4 Å². The van der Waals surface area contributed by atoms with Crippen LogP contribution in [0.2, 0.25) is 0 Å². The number of thiocarbonyl (C=S) groups is 1. The first-order valence-electron chi connectivity index (χ1n) is 4.37. The number of hydrogen-bond acceptors (Lipinski definition) is 4. The highest BCUT2D eigenvalue weighted by molar-refractivity contribution is 7.91. The third-order valence-electron chi connectivity index (χ3n) is 2.05. The standard InChI is InChI=1S/C9H9NO3S2/c11-15(12,8-4-2-1-3-5-8)10-6-7-13-9(10)14/h1-5H,6-7H2. The van der Waals surface area contributed by atoms with E-state index in [1.807, 2.05) is 0 Å². The van der Waals surface area contributed by atoms with Gasteiger partial charge >= 0.3 is 0 Å². The summed E-state index contributed by atoms with van der Waals surface area (Å²) >= 11 is 4.81. The first-order chi connectivity index (χ1) is 7.12. The quantitative estimate of drug-likeness (QED) is 0.727. The predicted octanol–water partition coefficient (Wildman–Crippen LogP) is 0.992. The minimum Gasteiger partial charge on any atom is -0.468 e. The summed E-state index contributed by atoms with van der Waals surface area (Å²) in [5.41, 5.74) is 0. The lowest BCUT2D eigenvalue weighted by atomic mass is 10.4. The van der Waals surface area contributed by atoms with Crippen LogP contribution >= 0.6 is 12.2 Å². The molecule has 0 N–H and O–H groups in total. The highest BCUT2D eigenvalue weighted by Gasteiger charge is 2.31. The van der Waals surface area contributed by atoms with Gasteiger partial charge < -0.3 is 4.74 Å². The van der Waals surface area contributed by atoms with Crippen LogP contribution in [0, 0.1) is 0 Å². The molecular weight excluding hydrogens is 234 g/mol. The Bertz CT molecular complexity index is 469. The zero-order valence-electron chi connectivity index (χ0n) is 7.79. The molecule has 0 unspecified atom stereocenters. The monoisotopic (exact) mass is 243 g/mol. The van der Waals surface area contributed by atoms with Gasteiger partial charge in [0.15, 0.2) is 0 Å². The molecule has 80 valence electrons.